The van der Waals surface area contributed by atoms with E-state index in [4.69, 9.17) is 4.74 Å². The summed E-state index contributed by atoms with van der Waals surface area (Å²) in [6.07, 6.45) is 1.01. The molecule has 2 aromatic rings. The molecule has 0 atom stereocenters. The van der Waals surface area contributed by atoms with Crippen LogP contribution in [0, 0.1) is 0 Å². The van der Waals surface area contributed by atoms with Gasteiger partial charge in [-0.25, -0.2) is 4.79 Å². The highest BCUT2D eigenvalue weighted by atomic mass is 79.9. The van der Waals surface area contributed by atoms with E-state index in [0.29, 0.717) is 11.1 Å². The van der Waals surface area contributed by atoms with Gasteiger partial charge in [-0.1, -0.05) is 15.9 Å². The Balaban J connectivity index is 2.38. The third-order valence-corrected chi connectivity index (χ3v) is 3.09. The normalized spacial score (nSPS) is 11.6. The Morgan fingerprint density at radius 1 is 1.35 bits per heavy atom. The predicted octanol–water partition coefficient (Wildman–Crippen LogP) is 3.40. The van der Waals surface area contributed by atoms with Crippen LogP contribution in [0.1, 0.15) is 31.1 Å². The second kappa shape index (κ2) is 5.36. The molecule has 0 aliphatic heterocycles. The number of Topliss-reactive ketones (excluding diaryl/α,β-unsaturated/α-hetero) is 1. The first kappa shape index (κ1) is 14.7. The quantitative estimate of drug-likeness (QED) is 0.621. The van der Waals surface area contributed by atoms with Gasteiger partial charge in [0, 0.05) is 10.9 Å². The summed E-state index contributed by atoms with van der Waals surface area (Å²) < 4.78 is 6.47. The first-order chi connectivity index (χ1) is 9.31. The molecule has 0 unspecified atom stereocenters. The van der Waals surface area contributed by atoms with Gasteiger partial charge in [0.2, 0.25) is 0 Å². The smallest absolute Gasteiger partial charge is 0.435 e. The van der Waals surface area contributed by atoms with Crippen molar-refractivity contribution in [1.29, 1.82) is 0 Å². The van der Waals surface area contributed by atoms with E-state index in [1.165, 1.54) is 4.68 Å². The summed E-state index contributed by atoms with van der Waals surface area (Å²) in [6.45, 7) is 5.39. The molecule has 5 nitrogen and oxygen atoms in total. The van der Waals surface area contributed by atoms with Gasteiger partial charge < -0.3 is 4.74 Å². The zero-order valence-electron chi connectivity index (χ0n) is 11.5. The maximum atomic E-state index is 12.0. The standard InChI is InChI=1S/C14H15BrN2O3/c1-14(2,3)20-13(19)17-11-5-4-9(12(18)7-15)6-10(11)8-16-17/h4-6,8H,7H2,1-3H3. The minimum absolute atomic E-state index is 0.0167. The van der Waals surface area contributed by atoms with Crippen molar-refractivity contribution in [2.75, 3.05) is 5.33 Å². The summed E-state index contributed by atoms with van der Waals surface area (Å²) >= 11 is 3.13. The maximum absolute atomic E-state index is 12.0. The van der Waals surface area contributed by atoms with Crippen molar-refractivity contribution >= 4 is 38.7 Å². The molecule has 2 rings (SSSR count). The molecule has 0 saturated carbocycles. The number of carbonyl (C=O) groups is 2. The Labute approximate surface area is 125 Å². The van der Waals surface area contributed by atoms with E-state index in [-0.39, 0.29) is 11.1 Å². The fourth-order valence-corrected chi connectivity index (χ4v) is 2.06. The van der Waals surface area contributed by atoms with Crippen molar-refractivity contribution in [3.8, 4) is 0 Å². The molecule has 0 spiro atoms. The van der Waals surface area contributed by atoms with Crippen LogP contribution in [0.3, 0.4) is 0 Å². The number of ether oxygens (including phenoxy) is 1. The molecule has 106 valence electrons. The highest BCUT2D eigenvalue weighted by molar-refractivity contribution is 9.09. The van der Waals surface area contributed by atoms with Gasteiger partial charge in [-0.2, -0.15) is 9.78 Å². The lowest BCUT2D eigenvalue weighted by atomic mass is 10.1. The molecule has 1 heterocycles. The number of benzene rings is 1. The Morgan fingerprint density at radius 2 is 2.05 bits per heavy atom. The topological polar surface area (TPSA) is 61.2 Å². The Kier molecular flexibility index (Phi) is 3.94. The molecule has 0 N–H and O–H groups in total. The van der Waals surface area contributed by atoms with Gasteiger partial charge in [0.25, 0.3) is 0 Å². The minimum Gasteiger partial charge on any atom is -0.442 e. The molecule has 0 radical (unpaired) electrons. The lowest BCUT2D eigenvalue weighted by Crippen LogP contribution is -2.27. The number of fused-ring (bicyclic) bond motifs is 1. The summed E-state index contributed by atoms with van der Waals surface area (Å²) in [5.74, 6) is -0.0167. The molecule has 0 amide bonds. The number of alkyl halides is 1. The molecular weight excluding hydrogens is 324 g/mol. The first-order valence-electron chi connectivity index (χ1n) is 6.12. The molecular formula is C14H15BrN2O3. The fourth-order valence-electron chi connectivity index (χ4n) is 1.73. The van der Waals surface area contributed by atoms with Crippen molar-refractivity contribution in [1.82, 2.24) is 9.78 Å². The van der Waals surface area contributed by atoms with Crippen LogP contribution >= 0.6 is 15.9 Å². The van der Waals surface area contributed by atoms with E-state index in [2.05, 4.69) is 21.0 Å². The van der Waals surface area contributed by atoms with Gasteiger partial charge in [-0.15, -0.1) is 0 Å². The van der Waals surface area contributed by atoms with Gasteiger partial charge >= 0.3 is 6.09 Å². The Bertz CT molecular complexity index is 671. The van der Waals surface area contributed by atoms with Crippen LogP contribution in [-0.2, 0) is 4.74 Å². The lowest BCUT2D eigenvalue weighted by Gasteiger charge is -2.19. The summed E-state index contributed by atoms with van der Waals surface area (Å²) in [5, 5.41) is 5.01. The number of nitrogens with zero attached hydrogens (tertiary/aromatic N) is 2. The molecule has 0 aliphatic rings. The van der Waals surface area contributed by atoms with Crippen molar-refractivity contribution in [3.05, 3.63) is 30.0 Å². The molecule has 0 aliphatic carbocycles. The van der Waals surface area contributed by atoms with Gasteiger partial charge in [0.05, 0.1) is 17.0 Å². The van der Waals surface area contributed by atoms with E-state index >= 15 is 0 Å². The van der Waals surface area contributed by atoms with Gasteiger partial charge in [0.15, 0.2) is 5.78 Å². The van der Waals surface area contributed by atoms with Crippen LogP contribution in [0.5, 0.6) is 0 Å². The van der Waals surface area contributed by atoms with Crippen molar-refractivity contribution in [3.63, 3.8) is 0 Å². The van der Waals surface area contributed by atoms with Crippen molar-refractivity contribution in [2.24, 2.45) is 0 Å². The summed E-state index contributed by atoms with van der Waals surface area (Å²) in [4.78, 5) is 23.6. The van der Waals surface area contributed by atoms with Gasteiger partial charge in [-0.3, -0.25) is 4.79 Å². The second-order valence-corrected chi connectivity index (χ2v) is 5.93. The minimum atomic E-state index is -0.582. The lowest BCUT2D eigenvalue weighted by molar-refractivity contribution is 0.0522. The summed E-state index contributed by atoms with van der Waals surface area (Å²) in [7, 11) is 0. The van der Waals surface area contributed by atoms with Crippen LogP contribution in [0.15, 0.2) is 24.4 Å². The van der Waals surface area contributed by atoms with Crippen LogP contribution in [0.4, 0.5) is 4.79 Å². The third-order valence-electron chi connectivity index (χ3n) is 2.58. The number of rotatable bonds is 2. The van der Waals surface area contributed by atoms with E-state index in [9.17, 15) is 9.59 Å². The molecule has 1 aromatic heterocycles. The van der Waals surface area contributed by atoms with Gasteiger partial charge in [-0.05, 0) is 39.0 Å². The molecule has 0 saturated heterocycles. The highest BCUT2D eigenvalue weighted by Crippen LogP contribution is 2.18. The molecule has 20 heavy (non-hydrogen) atoms. The van der Waals surface area contributed by atoms with Crippen molar-refractivity contribution in [2.45, 2.75) is 26.4 Å². The van der Waals surface area contributed by atoms with Crippen molar-refractivity contribution < 1.29 is 14.3 Å². The summed E-state index contributed by atoms with van der Waals surface area (Å²) in [6, 6.07) is 5.09. The van der Waals surface area contributed by atoms with Gasteiger partial charge in [0.1, 0.15) is 5.60 Å². The third kappa shape index (κ3) is 3.07. The highest BCUT2D eigenvalue weighted by Gasteiger charge is 2.20. The maximum Gasteiger partial charge on any atom is 0.435 e. The number of hydrogen-bond acceptors (Lipinski definition) is 4. The zero-order chi connectivity index (χ0) is 14.9. The van der Waals surface area contributed by atoms with E-state index in [1.807, 2.05) is 0 Å². The van der Waals surface area contributed by atoms with Crippen LogP contribution in [-0.4, -0.2) is 32.6 Å². The van der Waals surface area contributed by atoms with Crippen LogP contribution in [0.25, 0.3) is 10.9 Å². The average Bonchev–Trinajstić information content (AvgIpc) is 2.78. The van der Waals surface area contributed by atoms with E-state index < -0.39 is 11.7 Å². The largest absolute Gasteiger partial charge is 0.442 e. The monoisotopic (exact) mass is 338 g/mol. The molecule has 0 bridgehead atoms. The number of hydrogen-bond donors (Lipinski definition) is 0. The SMILES string of the molecule is CC(C)(C)OC(=O)n1ncc2cc(C(=O)CBr)ccc21. The second-order valence-electron chi connectivity index (χ2n) is 5.37. The number of halogens is 1. The fraction of sp³-hybridized carbons (Fsp3) is 0.357. The predicted molar refractivity (Wildman–Crippen MR) is 79.5 cm³/mol. The van der Waals surface area contributed by atoms with Crippen LogP contribution in [0.2, 0.25) is 0 Å². The molecule has 0 fully saturated rings. The number of aromatic nitrogens is 2. The van der Waals surface area contributed by atoms with E-state index in [0.717, 1.165) is 5.39 Å². The van der Waals surface area contributed by atoms with E-state index in [1.54, 1.807) is 45.2 Å². The average molecular weight is 339 g/mol. The number of ketones is 1. The zero-order valence-corrected chi connectivity index (χ0v) is 13.1. The Morgan fingerprint density at radius 3 is 2.65 bits per heavy atom. The Hall–Kier alpha value is -1.69. The van der Waals surface area contributed by atoms with Crippen LogP contribution < -0.4 is 0 Å². The molecule has 6 heteroatoms. The first-order valence-corrected chi connectivity index (χ1v) is 7.24. The summed E-state index contributed by atoms with van der Waals surface area (Å²) in [5.41, 5.74) is 0.616. The molecule has 1 aromatic carbocycles. The number of carbonyl (C=O) groups excluding carboxylic acids is 2.